The average molecular weight is 265 g/mol. The molecule has 1 N–H and O–H groups in total. The van der Waals surface area contributed by atoms with Crippen molar-refractivity contribution in [2.45, 2.75) is 70.8 Å². The van der Waals surface area contributed by atoms with Crippen LogP contribution in [0.3, 0.4) is 0 Å². The van der Waals surface area contributed by atoms with Crippen LogP contribution in [0.2, 0.25) is 0 Å². The van der Waals surface area contributed by atoms with Crippen LogP contribution in [0.5, 0.6) is 0 Å². The van der Waals surface area contributed by atoms with Gasteiger partial charge in [0.15, 0.2) is 0 Å². The molecule has 1 fully saturated rings. The monoisotopic (exact) mass is 265 g/mol. The lowest BCUT2D eigenvalue weighted by Crippen LogP contribution is -2.44. The van der Waals surface area contributed by atoms with E-state index in [1.807, 2.05) is 0 Å². The van der Waals surface area contributed by atoms with Gasteiger partial charge in [-0.15, -0.1) is 0 Å². The highest BCUT2D eigenvalue weighted by Crippen LogP contribution is 2.18. The van der Waals surface area contributed by atoms with Gasteiger partial charge in [-0.3, -0.25) is 5.32 Å². The summed E-state index contributed by atoms with van der Waals surface area (Å²) in [6.45, 7) is 8.75. The molecule has 0 saturated carbocycles. The number of nitriles is 1. The number of hydrogen-bond donors (Lipinski definition) is 1. The fraction of sp³-hybridized carbons (Fsp3) is 0.938. The fourth-order valence-electron chi connectivity index (χ4n) is 3.04. The van der Waals surface area contributed by atoms with Crippen LogP contribution in [0.15, 0.2) is 0 Å². The van der Waals surface area contributed by atoms with Crippen LogP contribution in [0.4, 0.5) is 0 Å². The lowest BCUT2D eigenvalue weighted by Gasteiger charge is -2.29. The molecule has 0 aliphatic carbocycles. The molecule has 19 heavy (non-hydrogen) atoms. The van der Waals surface area contributed by atoms with Crippen molar-refractivity contribution in [3.8, 4) is 6.07 Å². The zero-order valence-corrected chi connectivity index (χ0v) is 12.9. The zero-order chi connectivity index (χ0) is 14.0. The summed E-state index contributed by atoms with van der Waals surface area (Å²) >= 11 is 0. The predicted octanol–water partition coefficient (Wildman–Crippen LogP) is 3.31. The number of hydrogen-bond acceptors (Lipinski definition) is 3. The van der Waals surface area contributed by atoms with E-state index in [1.165, 1.54) is 45.2 Å². The summed E-state index contributed by atoms with van der Waals surface area (Å²) in [7, 11) is 0. The number of nitrogens with zero attached hydrogens (tertiary/aromatic N) is 2. The van der Waals surface area contributed by atoms with Crippen LogP contribution in [-0.4, -0.2) is 36.6 Å². The Morgan fingerprint density at radius 3 is 2.26 bits per heavy atom. The molecular formula is C16H31N3. The molecule has 0 spiro atoms. The lowest BCUT2D eigenvalue weighted by molar-refractivity contribution is 0.232. The van der Waals surface area contributed by atoms with Gasteiger partial charge < -0.3 is 4.90 Å². The van der Waals surface area contributed by atoms with E-state index >= 15 is 0 Å². The lowest BCUT2D eigenvalue weighted by atomic mass is 9.91. The Labute approximate surface area is 119 Å². The maximum atomic E-state index is 9.40. The summed E-state index contributed by atoms with van der Waals surface area (Å²) in [5.74, 6) is 0. The molecular weight excluding hydrogens is 234 g/mol. The molecule has 1 rings (SSSR count). The highest BCUT2D eigenvalue weighted by atomic mass is 15.1. The van der Waals surface area contributed by atoms with Gasteiger partial charge in [0, 0.05) is 0 Å². The summed E-state index contributed by atoms with van der Waals surface area (Å²) in [5.41, 5.74) is -0.294. The van der Waals surface area contributed by atoms with Crippen molar-refractivity contribution in [3.63, 3.8) is 0 Å². The SMILES string of the molecule is CCNC(C#N)(CC)CCCN1CCCCCCC1. The summed E-state index contributed by atoms with van der Waals surface area (Å²) in [5, 5.41) is 12.8. The molecule has 1 saturated heterocycles. The first-order valence-corrected chi connectivity index (χ1v) is 8.15. The molecule has 0 radical (unpaired) electrons. The number of rotatable bonds is 7. The van der Waals surface area contributed by atoms with Gasteiger partial charge in [0.25, 0.3) is 0 Å². The molecule has 0 aromatic rings. The van der Waals surface area contributed by atoms with E-state index in [2.05, 4.69) is 30.1 Å². The summed E-state index contributed by atoms with van der Waals surface area (Å²) < 4.78 is 0. The first kappa shape index (κ1) is 16.5. The average Bonchev–Trinajstić information content (AvgIpc) is 2.40. The Kier molecular flexibility index (Phi) is 8.09. The van der Waals surface area contributed by atoms with Crippen molar-refractivity contribution in [3.05, 3.63) is 0 Å². The van der Waals surface area contributed by atoms with Crippen molar-refractivity contribution in [2.75, 3.05) is 26.2 Å². The number of likely N-dealkylation sites (tertiary alicyclic amines) is 1. The van der Waals surface area contributed by atoms with Crippen LogP contribution in [0, 0.1) is 11.3 Å². The summed E-state index contributed by atoms with van der Waals surface area (Å²) in [4.78, 5) is 2.60. The Morgan fingerprint density at radius 2 is 1.74 bits per heavy atom. The molecule has 1 aliphatic heterocycles. The van der Waals surface area contributed by atoms with Crippen molar-refractivity contribution < 1.29 is 0 Å². The van der Waals surface area contributed by atoms with E-state index in [-0.39, 0.29) is 5.54 Å². The van der Waals surface area contributed by atoms with Gasteiger partial charge in [-0.2, -0.15) is 5.26 Å². The largest absolute Gasteiger partial charge is 0.303 e. The van der Waals surface area contributed by atoms with Crippen molar-refractivity contribution in [1.82, 2.24) is 10.2 Å². The Bertz CT molecular complexity index is 264. The topological polar surface area (TPSA) is 39.1 Å². The molecule has 3 nitrogen and oxygen atoms in total. The second-order valence-corrected chi connectivity index (χ2v) is 5.79. The fourth-order valence-corrected chi connectivity index (χ4v) is 3.04. The van der Waals surface area contributed by atoms with E-state index in [1.54, 1.807) is 0 Å². The van der Waals surface area contributed by atoms with E-state index in [0.29, 0.717) is 0 Å². The molecule has 0 amide bonds. The smallest absolute Gasteiger partial charge is 0.106 e. The second-order valence-electron chi connectivity index (χ2n) is 5.79. The van der Waals surface area contributed by atoms with Crippen LogP contribution in [-0.2, 0) is 0 Å². The first-order chi connectivity index (χ1) is 9.26. The van der Waals surface area contributed by atoms with Crippen LogP contribution in [0.1, 0.15) is 65.2 Å². The van der Waals surface area contributed by atoms with E-state index in [9.17, 15) is 5.26 Å². The highest BCUT2D eigenvalue weighted by Gasteiger charge is 2.26. The van der Waals surface area contributed by atoms with E-state index in [4.69, 9.17) is 0 Å². The Hall–Kier alpha value is -0.590. The molecule has 1 unspecified atom stereocenters. The number of nitrogens with one attached hydrogen (secondary N) is 1. The normalized spacial score (nSPS) is 21.1. The molecule has 110 valence electrons. The third-order valence-electron chi connectivity index (χ3n) is 4.36. The minimum Gasteiger partial charge on any atom is -0.303 e. The minimum absolute atomic E-state index is 0.294. The molecule has 1 heterocycles. The maximum absolute atomic E-state index is 9.40. The quantitative estimate of drug-likeness (QED) is 0.767. The van der Waals surface area contributed by atoms with Gasteiger partial charge in [-0.05, 0) is 58.3 Å². The van der Waals surface area contributed by atoms with Gasteiger partial charge in [-0.1, -0.05) is 33.1 Å². The van der Waals surface area contributed by atoms with Crippen molar-refractivity contribution in [1.29, 1.82) is 5.26 Å². The Balaban J connectivity index is 2.32. The second kappa shape index (κ2) is 9.34. The minimum atomic E-state index is -0.294. The van der Waals surface area contributed by atoms with Crippen LogP contribution < -0.4 is 5.32 Å². The molecule has 0 aromatic heterocycles. The van der Waals surface area contributed by atoms with Crippen molar-refractivity contribution in [2.24, 2.45) is 0 Å². The van der Waals surface area contributed by atoms with Crippen molar-refractivity contribution >= 4 is 0 Å². The van der Waals surface area contributed by atoms with E-state index < -0.39 is 0 Å². The third-order valence-corrected chi connectivity index (χ3v) is 4.36. The molecule has 0 aromatic carbocycles. The highest BCUT2D eigenvalue weighted by molar-refractivity contribution is 5.06. The zero-order valence-electron chi connectivity index (χ0n) is 12.9. The maximum Gasteiger partial charge on any atom is 0.106 e. The molecule has 1 aliphatic rings. The Morgan fingerprint density at radius 1 is 1.11 bits per heavy atom. The van der Waals surface area contributed by atoms with Crippen LogP contribution >= 0.6 is 0 Å². The van der Waals surface area contributed by atoms with Gasteiger partial charge in [-0.25, -0.2) is 0 Å². The third kappa shape index (κ3) is 5.93. The van der Waals surface area contributed by atoms with Gasteiger partial charge in [0.1, 0.15) is 5.54 Å². The molecule has 0 bridgehead atoms. The molecule has 3 heteroatoms. The van der Waals surface area contributed by atoms with Gasteiger partial charge >= 0.3 is 0 Å². The standard InChI is InChI=1S/C16H31N3/c1-3-16(15-17,18-4-2)11-10-14-19-12-8-6-5-7-9-13-19/h18H,3-14H2,1-2H3. The van der Waals surface area contributed by atoms with Crippen LogP contribution in [0.25, 0.3) is 0 Å². The van der Waals surface area contributed by atoms with E-state index in [0.717, 1.165) is 32.4 Å². The van der Waals surface area contributed by atoms with Gasteiger partial charge in [0.05, 0.1) is 6.07 Å². The van der Waals surface area contributed by atoms with Gasteiger partial charge in [0.2, 0.25) is 0 Å². The first-order valence-electron chi connectivity index (χ1n) is 8.15. The predicted molar refractivity (Wildman–Crippen MR) is 81.1 cm³/mol. The molecule has 1 atom stereocenters. The summed E-state index contributed by atoms with van der Waals surface area (Å²) in [6.07, 6.45) is 9.92. The summed E-state index contributed by atoms with van der Waals surface area (Å²) in [6, 6.07) is 2.50.